The van der Waals surface area contributed by atoms with Crippen LogP contribution in [0.2, 0.25) is 0 Å². The van der Waals surface area contributed by atoms with Crippen molar-refractivity contribution in [3.63, 3.8) is 0 Å². The molecule has 1 heterocycles. The van der Waals surface area contributed by atoms with E-state index in [-0.39, 0.29) is 6.42 Å². The van der Waals surface area contributed by atoms with Crippen molar-refractivity contribution in [1.29, 1.82) is 0 Å². The van der Waals surface area contributed by atoms with Crippen molar-refractivity contribution in [3.05, 3.63) is 42.0 Å². The largest absolute Gasteiger partial charge is 0.494 e. The van der Waals surface area contributed by atoms with Gasteiger partial charge >= 0.3 is 5.97 Å². The van der Waals surface area contributed by atoms with Gasteiger partial charge in [-0.15, -0.1) is 0 Å². The zero-order valence-electron chi connectivity index (χ0n) is 32.8. The van der Waals surface area contributed by atoms with Crippen LogP contribution in [0.3, 0.4) is 0 Å². The highest BCUT2D eigenvalue weighted by atomic mass is 19.3. The summed E-state index contributed by atoms with van der Waals surface area (Å²) in [5, 5.41) is 14.1. The van der Waals surface area contributed by atoms with E-state index < -0.39 is 59.6 Å². The van der Waals surface area contributed by atoms with E-state index >= 15 is 0 Å². The molecule has 0 aliphatic carbocycles. The summed E-state index contributed by atoms with van der Waals surface area (Å²) in [7, 11) is 0. The lowest BCUT2D eigenvalue weighted by Crippen LogP contribution is -2.57. The number of unbranched alkanes of at least 4 members (excludes halogenated alkanes) is 9. The van der Waals surface area contributed by atoms with E-state index in [4.69, 9.17) is 24.7 Å². The van der Waals surface area contributed by atoms with Crippen LogP contribution in [-0.4, -0.2) is 72.2 Å². The summed E-state index contributed by atoms with van der Waals surface area (Å²) in [5.74, 6) is -4.88. The normalized spacial score (nSPS) is 16.7. The van der Waals surface area contributed by atoms with Gasteiger partial charge in [-0.05, 0) is 70.6 Å². The van der Waals surface area contributed by atoms with E-state index in [1.807, 2.05) is 0 Å². The molecule has 0 unspecified atom stereocenters. The van der Waals surface area contributed by atoms with Crippen LogP contribution in [0.4, 0.5) is 8.78 Å². The number of carbonyl (C=O) groups excluding carboxylic acids is 3. The van der Waals surface area contributed by atoms with Crippen molar-refractivity contribution < 1.29 is 47.2 Å². The third-order valence-corrected chi connectivity index (χ3v) is 9.29. The number of benzene rings is 1. The zero-order valence-corrected chi connectivity index (χ0v) is 32.8. The molecular formula is C41H66F2N2O8. The highest BCUT2D eigenvalue weighted by molar-refractivity contribution is 5.94. The van der Waals surface area contributed by atoms with Gasteiger partial charge in [-0.25, -0.2) is 13.6 Å². The molecule has 12 heteroatoms. The lowest BCUT2D eigenvalue weighted by molar-refractivity contribution is -0.188. The van der Waals surface area contributed by atoms with Crippen LogP contribution < -0.4 is 15.8 Å². The van der Waals surface area contributed by atoms with Gasteiger partial charge in [0.1, 0.15) is 17.4 Å². The van der Waals surface area contributed by atoms with Gasteiger partial charge in [-0.2, -0.15) is 0 Å². The summed E-state index contributed by atoms with van der Waals surface area (Å²) in [6.07, 6.45) is 11.7. The Hall–Kier alpha value is -3.09. The number of ether oxygens (including phenoxy) is 4. The third-order valence-electron chi connectivity index (χ3n) is 9.29. The van der Waals surface area contributed by atoms with Crippen molar-refractivity contribution in [1.82, 2.24) is 5.32 Å². The fourth-order valence-electron chi connectivity index (χ4n) is 6.33. The van der Waals surface area contributed by atoms with Gasteiger partial charge in [0.05, 0.1) is 25.7 Å². The highest BCUT2D eigenvalue weighted by Crippen LogP contribution is 2.33. The number of allylic oxidation sites excluding steroid dienone is 1. The number of nitrogens with one attached hydrogen (secondary N) is 1. The molecule has 0 saturated carbocycles. The summed E-state index contributed by atoms with van der Waals surface area (Å²) < 4.78 is 51.0. The van der Waals surface area contributed by atoms with Crippen LogP contribution in [0.25, 0.3) is 0 Å². The molecule has 0 radical (unpaired) electrons. The van der Waals surface area contributed by atoms with Crippen LogP contribution in [0.15, 0.2) is 36.4 Å². The average molecular weight is 753 g/mol. The van der Waals surface area contributed by atoms with E-state index in [9.17, 15) is 28.3 Å². The number of aliphatic hydroxyl groups is 1. The number of hydrogen-bond acceptors (Lipinski definition) is 8. The summed E-state index contributed by atoms with van der Waals surface area (Å²) in [4.78, 5) is 39.6. The van der Waals surface area contributed by atoms with Crippen molar-refractivity contribution in [2.24, 2.45) is 11.7 Å². The number of halogens is 2. The van der Waals surface area contributed by atoms with Crippen molar-refractivity contribution in [2.75, 3.05) is 19.8 Å². The lowest BCUT2D eigenvalue weighted by Gasteiger charge is -2.34. The third kappa shape index (κ3) is 17.3. The quantitative estimate of drug-likeness (QED) is 0.0471. The van der Waals surface area contributed by atoms with E-state index in [1.165, 1.54) is 52.5 Å². The molecule has 2 amide bonds. The van der Waals surface area contributed by atoms with Gasteiger partial charge in [-0.3, -0.25) is 9.59 Å². The number of alkyl halides is 2. The zero-order chi connectivity index (χ0) is 39.3. The smallest absolute Gasteiger partial charge is 0.340 e. The number of rotatable bonds is 27. The molecular weight excluding hydrogens is 686 g/mol. The Morgan fingerprint density at radius 1 is 0.925 bits per heavy atom. The number of carbonyl (C=O) groups is 3. The minimum Gasteiger partial charge on any atom is -0.494 e. The molecule has 1 aliphatic heterocycles. The summed E-state index contributed by atoms with van der Waals surface area (Å²) in [5.41, 5.74) is 2.26. The number of hydrogen-bond donors (Lipinski definition) is 3. The molecule has 2 rings (SSSR count). The molecule has 302 valence electrons. The minimum absolute atomic E-state index is 0.0112. The van der Waals surface area contributed by atoms with E-state index in [0.717, 1.165) is 57.8 Å². The summed E-state index contributed by atoms with van der Waals surface area (Å²) >= 11 is 0. The van der Waals surface area contributed by atoms with Gasteiger partial charge in [0, 0.05) is 25.7 Å². The second-order valence-corrected chi connectivity index (χ2v) is 15.2. The molecule has 1 fully saturated rings. The van der Waals surface area contributed by atoms with Crippen LogP contribution >= 0.6 is 0 Å². The Bertz CT molecular complexity index is 1250. The first-order chi connectivity index (χ1) is 25.1. The van der Waals surface area contributed by atoms with E-state index in [0.29, 0.717) is 37.6 Å². The molecule has 1 aromatic carbocycles. The number of primary amides is 1. The maximum atomic E-state index is 13.9. The van der Waals surface area contributed by atoms with Crippen LogP contribution in [0.1, 0.15) is 136 Å². The second kappa shape index (κ2) is 23.6. The SMILES string of the molecule is CCCCCCCC1(CCCCCCC=C[C@H](C(=O)N[C@@H](Cc2ccc(OCCCC)cc2)C(N)=O)[C@@](O)(CC(F)F)C(=O)OC(C)(C)C)OCCO1. The number of esters is 1. The standard InChI is InChI=1S/C41H66F2N2O8/c1-6-8-10-14-17-24-40(51-27-28-52-40)25-18-15-12-11-13-16-19-33(41(49,30-35(42)43)38(48)53-39(3,4)5)37(47)45-34(36(44)46)29-31-20-22-32(23-21-31)50-26-9-7-2/h16,19-23,33-35,49H,6-15,17-18,24-30H2,1-5H3,(H2,44,46)(H,45,47)/t33-,34+,41+/m1/s1. The maximum absolute atomic E-state index is 13.9. The lowest BCUT2D eigenvalue weighted by atomic mass is 9.82. The Morgan fingerprint density at radius 2 is 1.51 bits per heavy atom. The summed E-state index contributed by atoms with van der Waals surface area (Å²) in [6.45, 7) is 10.6. The monoisotopic (exact) mass is 752 g/mol. The first-order valence-corrected chi connectivity index (χ1v) is 19.6. The molecule has 10 nitrogen and oxygen atoms in total. The Kier molecular flexibility index (Phi) is 20.5. The van der Waals surface area contributed by atoms with Crippen molar-refractivity contribution in [2.45, 2.75) is 167 Å². The van der Waals surface area contributed by atoms with Gasteiger partial charge in [-0.1, -0.05) is 83.1 Å². The molecule has 1 aromatic rings. The molecule has 4 N–H and O–H groups in total. The van der Waals surface area contributed by atoms with Crippen LogP contribution in [0.5, 0.6) is 5.75 Å². The van der Waals surface area contributed by atoms with Gasteiger partial charge < -0.3 is 35.1 Å². The molecule has 0 bridgehead atoms. The second-order valence-electron chi connectivity index (χ2n) is 15.2. The minimum atomic E-state index is -3.14. The van der Waals surface area contributed by atoms with Gasteiger partial charge in [0.15, 0.2) is 11.4 Å². The first kappa shape index (κ1) is 46.1. The average Bonchev–Trinajstić information content (AvgIpc) is 3.55. The predicted octanol–water partition coefficient (Wildman–Crippen LogP) is 7.72. The number of nitrogens with two attached hydrogens (primary N) is 1. The molecule has 0 spiro atoms. The van der Waals surface area contributed by atoms with Crippen molar-refractivity contribution in [3.8, 4) is 5.75 Å². The molecule has 3 atom stereocenters. The Labute approximate surface area is 315 Å². The fourth-order valence-corrected chi connectivity index (χ4v) is 6.33. The molecule has 53 heavy (non-hydrogen) atoms. The predicted molar refractivity (Wildman–Crippen MR) is 201 cm³/mol. The van der Waals surface area contributed by atoms with Gasteiger partial charge in [0.25, 0.3) is 0 Å². The topological polar surface area (TPSA) is 146 Å². The number of amides is 2. The Balaban J connectivity index is 2.13. The van der Waals surface area contributed by atoms with Gasteiger partial charge in [0.2, 0.25) is 18.2 Å². The molecule has 0 aromatic heterocycles. The summed E-state index contributed by atoms with van der Waals surface area (Å²) in [6, 6.07) is 5.69. The van der Waals surface area contributed by atoms with Crippen LogP contribution in [-0.2, 0) is 35.0 Å². The first-order valence-electron chi connectivity index (χ1n) is 19.6. The van der Waals surface area contributed by atoms with Crippen LogP contribution in [0, 0.1) is 5.92 Å². The van der Waals surface area contributed by atoms with E-state index in [1.54, 1.807) is 30.3 Å². The highest BCUT2D eigenvalue weighted by Gasteiger charge is 2.51. The molecule has 1 aliphatic rings. The maximum Gasteiger partial charge on any atom is 0.340 e. The fraction of sp³-hybridized carbons (Fsp3) is 0.732. The Morgan fingerprint density at radius 3 is 2.06 bits per heavy atom. The van der Waals surface area contributed by atoms with Crippen molar-refractivity contribution >= 4 is 17.8 Å². The van der Waals surface area contributed by atoms with E-state index in [2.05, 4.69) is 19.2 Å². The molecule has 1 saturated heterocycles.